The fourth-order valence-electron chi connectivity index (χ4n) is 1.10. The molecule has 0 unspecified atom stereocenters. The predicted octanol–water partition coefficient (Wildman–Crippen LogP) is 0.961. The van der Waals surface area contributed by atoms with Gasteiger partial charge in [-0.1, -0.05) is 17.7 Å². The second kappa shape index (κ2) is 6.37. The van der Waals surface area contributed by atoms with Crippen molar-refractivity contribution in [3.05, 3.63) is 29.0 Å². The third kappa shape index (κ3) is 4.27. The molecular formula is C10H14ClN3O. The van der Waals surface area contributed by atoms with E-state index in [0.29, 0.717) is 24.7 Å². The first-order chi connectivity index (χ1) is 7.24. The third-order valence-corrected chi connectivity index (χ3v) is 2.30. The van der Waals surface area contributed by atoms with Crippen LogP contribution in [0.5, 0.6) is 0 Å². The van der Waals surface area contributed by atoms with Crippen LogP contribution in [-0.2, 0) is 11.3 Å². The summed E-state index contributed by atoms with van der Waals surface area (Å²) in [7, 11) is 1.63. The molecule has 0 aliphatic heterocycles. The van der Waals surface area contributed by atoms with Crippen molar-refractivity contribution in [1.82, 2.24) is 15.6 Å². The molecule has 1 rings (SSSR count). The van der Waals surface area contributed by atoms with Gasteiger partial charge in [-0.25, -0.2) is 4.98 Å². The van der Waals surface area contributed by atoms with Crippen molar-refractivity contribution in [2.24, 2.45) is 0 Å². The highest BCUT2D eigenvalue weighted by Crippen LogP contribution is 2.10. The minimum Gasteiger partial charge on any atom is -0.359 e. The van der Waals surface area contributed by atoms with Gasteiger partial charge >= 0.3 is 0 Å². The van der Waals surface area contributed by atoms with Crippen molar-refractivity contribution >= 4 is 17.5 Å². The maximum Gasteiger partial charge on any atom is 0.221 e. The fraction of sp³-hybridized carbons (Fsp3) is 0.400. The first-order valence-electron chi connectivity index (χ1n) is 4.74. The number of carbonyl (C=O) groups is 1. The van der Waals surface area contributed by atoms with Crippen LogP contribution < -0.4 is 10.6 Å². The summed E-state index contributed by atoms with van der Waals surface area (Å²) in [5.41, 5.74) is 0.941. The van der Waals surface area contributed by atoms with Crippen LogP contribution in [0.3, 0.4) is 0 Å². The Balaban J connectivity index is 2.26. The third-order valence-electron chi connectivity index (χ3n) is 1.96. The second-order valence-corrected chi connectivity index (χ2v) is 3.41. The number of carbonyl (C=O) groups excluding carboxylic acids is 1. The number of pyridine rings is 1. The monoisotopic (exact) mass is 227 g/mol. The molecule has 1 aromatic heterocycles. The summed E-state index contributed by atoms with van der Waals surface area (Å²) in [6, 6.07) is 3.74. The van der Waals surface area contributed by atoms with Crippen LogP contribution in [0.15, 0.2) is 18.3 Å². The van der Waals surface area contributed by atoms with Crippen LogP contribution in [0.25, 0.3) is 0 Å². The molecule has 0 radical (unpaired) electrons. The Morgan fingerprint density at radius 3 is 3.07 bits per heavy atom. The molecule has 1 heterocycles. The van der Waals surface area contributed by atoms with E-state index < -0.39 is 0 Å². The van der Waals surface area contributed by atoms with E-state index in [2.05, 4.69) is 15.6 Å². The fourth-order valence-corrected chi connectivity index (χ4v) is 1.29. The zero-order chi connectivity index (χ0) is 11.1. The van der Waals surface area contributed by atoms with Crippen molar-refractivity contribution in [1.29, 1.82) is 0 Å². The molecule has 1 amide bonds. The standard InChI is InChI=1S/C10H14ClN3O/c1-12-9(15)4-6-13-7-8-3-2-5-14-10(8)11/h2-3,5,13H,4,6-7H2,1H3,(H,12,15). The van der Waals surface area contributed by atoms with Crippen LogP contribution in [0.1, 0.15) is 12.0 Å². The summed E-state index contributed by atoms with van der Waals surface area (Å²) < 4.78 is 0. The number of nitrogens with zero attached hydrogens (tertiary/aromatic N) is 1. The predicted molar refractivity (Wildman–Crippen MR) is 59.6 cm³/mol. The maximum atomic E-state index is 10.9. The molecule has 0 fully saturated rings. The molecule has 2 N–H and O–H groups in total. The highest BCUT2D eigenvalue weighted by molar-refractivity contribution is 6.30. The largest absolute Gasteiger partial charge is 0.359 e. The van der Waals surface area contributed by atoms with Gasteiger partial charge in [0.1, 0.15) is 5.15 Å². The molecule has 0 aromatic carbocycles. The molecule has 0 bridgehead atoms. The van der Waals surface area contributed by atoms with Gasteiger partial charge < -0.3 is 10.6 Å². The van der Waals surface area contributed by atoms with E-state index in [1.807, 2.05) is 12.1 Å². The zero-order valence-corrected chi connectivity index (χ0v) is 9.34. The SMILES string of the molecule is CNC(=O)CCNCc1cccnc1Cl. The number of rotatable bonds is 5. The number of aromatic nitrogens is 1. The molecule has 1 aromatic rings. The average molecular weight is 228 g/mol. The quantitative estimate of drug-likeness (QED) is 0.582. The zero-order valence-electron chi connectivity index (χ0n) is 8.59. The number of amides is 1. The van der Waals surface area contributed by atoms with Crippen LogP contribution in [0.4, 0.5) is 0 Å². The summed E-state index contributed by atoms with van der Waals surface area (Å²) in [6.07, 6.45) is 2.12. The Labute approximate surface area is 94.0 Å². The van der Waals surface area contributed by atoms with Gasteiger partial charge in [-0.3, -0.25) is 4.79 Å². The Kier molecular flexibility index (Phi) is 5.07. The molecular weight excluding hydrogens is 214 g/mol. The molecule has 0 aliphatic rings. The van der Waals surface area contributed by atoms with E-state index in [0.717, 1.165) is 5.56 Å². The average Bonchev–Trinajstić information content (AvgIpc) is 2.26. The van der Waals surface area contributed by atoms with Gasteiger partial charge in [0.2, 0.25) is 5.91 Å². The van der Waals surface area contributed by atoms with E-state index >= 15 is 0 Å². The van der Waals surface area contributed by atoms with E-state index in [1.165, 1.54) is 0 Å². The number of halogens is 1. The smallest absolute Gasteiger partial charge is 0.221 e. The lowest BCUT2D eigenvalue weighted by atomic mass is 10.3. The van der Waals surface area contributed by atoms with Gasteiger partial charge in [0.05, 0.1) is 0 Å². The molecule has 0 atom stereocenters. The lowest BCUT2D eigenvalue weighted by Gasteiger charge is -2.05. The summed E-state index contributed by atoms with van der Waals surface area (Å²) >= 11 is 5.86. The van der Waals surface area contributed by atoms with Gasteiger partial charge in [-0.05, 0) is 6.07 Å². The van der Waals surface area contributed by atoms with Gasteiger partial charge in [0.25, 0.3) is 0 Å². The number of hydrogen-bond acceptors (Lipinski definition) is 3. The molecule has 0 aliphatic carbocycles. The molecule has 0 saturated carbocycles. The van der Waals surface area contributed by atoms with Gasteiger partial charge in [0, 0.05) is 38.3 Å². The summed E-state index contributed by atoms with van der Waals surface area (Å²) in [6.45, 7) is 1.26. The molecule has 0 saturated heterocycles. The van der Waals surface area contributed by atoms with Crippen molar-refractivity contribution < 1.29 is 4.79 Å². The Morgan fingerprint density at radius 1 is 1.60 bits per heavy atom. The highest BCUT2D eigenvalue weighted by Gasteiger charge is 2.00. The molecule has 82 valence electrons. The lowest BCUT2D eigenvalue weighted by molar-refractivity contribution is -0.120. The normalized spacial score (nSPS) is 10.0. The topological polar surface area (TPSA) is 54.0 Å². The van der Waals surface area contributed by atoms with Crippen LogP contribution in [0.2, 0.25) is 5.15 Å². The Bertz CT molecular complexity index is 330. The lowest BCUT2D eigenvalue weighted by Crippen LogP contribution is -2.24. The van der Waals surface area contributed by atoms with E-state index in [1.54, 1.807) is 13.2 Å². The summed E-state index contributed by atoms with van der Waals surface area (Å²) in [5, 5.41) is 6.18. The van der Waals surface area contributed by atoms with Crippen molar-refractivity contribution in [3.8, 4) is 0 Å². The molecule has 0 spiro atoms. The van der Waals surface area contributed by atoms with E-state index in [4.69, 9.17) is 11.6 Å². The van der Waals surface area contributed by atoms with Crippen LogP contribution >= 0.6 is 11.6 Å². The van der Waals surface area contributed by atoms with Crippen LogP contribution in [0, 0.1) is 0 Å². The minimum absolute atomic E-state index is 0.0276. The second-order valence-electron chi connectivity index (χ2n) is 3.05. The first kappa shape index (κ1) is 11.9. The molecule has 15 heavy (non-hydrogen) atoms. The number of hydrogen-bond donors (Lipinski definition) is 2. The number of nitrogens with one attached hydrogen (secondary N) is 2. The minimum atomic E-state index is 0.0276. The molecule has 5 heteroatoms. The van der Waals surface area contributed by atoms with Crippen molar-refractivity contribution in [2.75, 3.05) is 13.6 Å². The van der Waals surface area contributed by atoms with Crippen molar-refractivity contribution in [2.45, 2.75) is 13.0 Å². The van der Waals surface area contributed by atoms with E-state index in [-0.39, 0.29) is 5.91 Å². The summed E-state index contributed by atoms with van der Waals surface area (Å²) in [5.74, 6) is 0.0276. The van der Waals surface area contributed by atoms with Crippen molar-refractivity contribution in [3.63, 3.8) is 0 Å². The van der Waals surface area contributed by atoms with Crippen LogP contribution in [-0.4, -0.2) is 24.5 Å². The maximum absolute atomic E-state index is 10.9. The van der Waals surface area contributed by atoms with Gasteiger partial charge in [0.15, 0.2) is 0 Å². The molecule has 4 nitrogen and oxygen atoms in total. The Morgan fingerprint density at radius 2 is 2.40 bits per heavy atom. The summed E-state index contributed by atoms with van der Waals surface area (Å²) in [4.78, 5) is 14.9. The highest BCUT2D eigenvalue weighted by atomic mass is 35.5. The Hall–Kier alpha value is -1.13. The van der Waals surface area contributed by atoms with Gasteiger partial charge in [-0.15, -0.1) is 0 Å². The van der Waals surface area contributed by atoms with Gasteiger partial charge in [-0.2, -0.15) is 0 Å². The first-order valence-corrected chi connectivity index (χ1v) is 5.12. The van der Waals surface area contributed by atoms with E-state index in [9.17, 15) is 4.79 Å².